The Kier molecular flexibility index (Phi) is 14.6. The number of nitrogens with zero attached hydrogens (tertiary/aromatic N) is 2. The first-order valence-corrected chi connectivity index (χ1v) is 12.2. The van der Waals surface area contributed by atoms with Crippen LogP contribution < -0.4 is 0 Å². The molecular formula is C17H23BrIN2O2P. The molecular weight excluding hydrogens is 502 g/mol. The van der Waals surface area contributed by atoms with Crippen LogP contribution in [-0.4, -0.2) is 21.8 Å². The number of hydrogen-bond acceptors (Lipinski definition) is 3. The van der Waals surface area contributed by atoms with E-state index < -0.39 is 0 Å². The molecule has 2 rings (SSSR count). The van der Waals surface area contributed by atoms with Gasteiger partial charge < -0.3 is 14.2 Å². The maximum Gasteiger partial charge on any atom is 0.138 e. The van der Waals surface area contributed by atoms with Gasteiger partial charge in [0.1, 0.15) is 11.9 Å². The number of aliphatic hydroxyl groups excluding tert-OH is 1. The van der Waals surface area contributed by atoms with Gasteiger partial charge in [-0.3, -0.25) is 0 Å². The molecule has 0 spiro atoms. The number of benzene rings is 1. The SMILES string of the molecule is CC.CC(OPI)c1nccn1CC#Cc1ccc(Br)cc1.CO. The Morgan fingerprint density at radius 1 is 1.33 bits per heavy atom. The van der Waals surface area contributed by atoms with E-state index in [1.807, 2.05) is 55.8 Å². The highest BCUT2D eigenvalue weighted by atomic mass is 127. The summed E-state index contributed by atoms with van der Waals surface area (Å²) in [5.74, 6) is 7.23. The van der Waals surface area contributed by atoms with Gasteiger partial charge in [0.05, 0.1) is 13.0 Å². The lowest BCUT2D eigenvalue weighted by molar-refractivity contribution is 0.251. The van der Waals surface area contributed by atoms with Crippen LogP contribution in [-0.2, 0) is 11.1 Å². The lowest BCUT2D eigenvalue weighted by Gasteiger charge is -2.11. The van der Waals surface area contributed by atoms with Crippen LogP contribution in [0.5, 0.6) is 0 Å². The topological polar surface area (TPSA) is 47.3 Å². The van der Waals surface area contributed by atoms with Gasteiger partial charge in [0.2, 0.25) is 0 Å². The maximum atomic E-state index is 7.00. The van der Waals surface area contributed by atoms with Crippen LogP contribution in [0.4, 0.5) is 0 Å². The number of aliphatic hydroxyl groups is 1. The molecule has 1 aromatic heterocycles. The van der Waals surface area contributed by atoms with Crippen LogP contribution in [0.25, 0.3) is 0 Å². The molecule has 132 valence electrons. The number of aromatic nitrogens is 2. The molecule has 1 N–H and O–H groups in total. The van der Waals surface area contributed by atoms with Crippen LogP contribution in [0.15, 0.2) is 41.1 Å². The third kappa shape index (κ3) is 8.59. The van der Waals surface area contributed by atoms with Gasteiger partial charge in [-0.2, -0.15) is 0 Å². The van der Waals surface area contributed by atoms with Crippen LogP contribution >= 0.6 is 44.4 Å². The molecule has 4 nitrogen and oxygen atoms in total. The highest BCUT2D eigenvalue weighted by Crippen LogP contribution is 2.30. The Morgan fingerprint density at radius 2 is 1.96 bits per heavy atom. The molecule has 2 unspecified atom stereocenters. The van der Waals surface area contributed by atoms with Gasteiger partial charge in [0.15, 0.2) is 0 Å². The highest BCUT2D eigenvalue weighted by molar-refractivity contribution is 14.2. The number of imidazole rings is 1. The van der Waals surface area contributed by atoms with Crippen molar-refractivity contribution in [1.29, 1.82) is 0 Å². The summed E-state index contributed by atoms with van der Waals surface area (Å²) in [5.41, 5.74) is 1.01. The average Bonchev–Trinajstić information content (AvgIpc) is 3.09. The van der Waals surface area contributed by atoms with E-state index in [0.717, 1.165) is 23.0 Å². The minimum atomic E-state index is -0.00489. The molecule has 2 atom stereocenters. The minimum absolute atomic E-state index is 0.00489. The fourth-order valence-electron chi connectivity index (χ4n) is 1.69. The van der Waals surface area contributed by atoms with Crippen molar-refractivity contribution in [3.05, 3.63) is 52.5 Å². The molecule has 1 aromatic carbocycles. The van der Waals surface area contributed by atoms with Gasteiger partial charge in [-0.25, -0.2) is 4.98 Å². The third-order valence-corrected chi connectivity index (χ3v) is 4.39. The van der Waals surface area contributed by atoms with Crippen molar-refractivity contribution in [3.8, 4) is 11.8 Å². The molecule has 1 heterocycles. The first-order chi connectivity index (χ1) is 11.7. The molecule has 2 aromatic rings. The fourth-order valence-corrected chi connectivity index (χ4v) is 3.34. The second kappa shape index (κ2) is 14.9. The summed E-state index contributed by atoms with van der Waals surface area (Å²) >= 11 is 5.63. The van der Waals surface area contributed by atoms with Gasteiger partial charge in [-0.15, -0.1) is 0 Å². The molecule has 24 heavy (non-hydrogen) atoms. The predicted molar refractivity (Wildman–Crippen MR) is 115 cm³/mol. The Hall–Kier alpha value is -0.450. The van der Waals surface area contributed by atoms with Crippen LogP contribution in [0.2, 0.25) is 0 Å². The van der Waals surface area contributed by atoms with E-state index in [1.54, 1.807) is 6.20 Å². The first kappa shape index (κ1) is 23.5. The molecule has 0 fully saturated rings. The summed E-state index contributed by atoms with van der Waals surface area (Å²) in [6.07, 6.45) is 3.71. The molecule has 0 saturated heterocycles. The quantitative estimate of drug-likeness (QED) is 0.333. The van der Waals surface area contributed by atoms with E-state index in [0.29, 0.717) is 13.0 Å². The van der Waals surface area contributed by atoms with Crippen molar-refractivity contribution in [1.82, 2.24) is 9.55 Å². The van der Waals surface area contributed by atoms with Gasteiger partial charge in [0.25, 0.3) is 0 Å². The fraction of sp³-hybridized carbons (Fsp3) is 0.353. The van der Waals surface area contributed by atoms with E-state index in [1.165, 1.54) is 0 Å². The Balaban J connectivity index is 0.00000123. The maximum absolute atomic E-state index is 7.00. The lowest BCUT2D eigenvalue weighted by Crippen LogP contribution is -2.06. The van der Waals surface area contributed by atoms with Gasteiger partial charge in [0, 0.05) is 29.5 Å². The van der Waals surface area contributed by atoms with Crippen molar-refractivity contribution in [2.24, 2.45) is 0 Å². The summed E-state index contributed by atoms with van der Waals surface area (Å²) in [7, 11) is 1.00. The minimum Gasteiger partial charge on any atom is -0.400 e. The molecule has 0 aliphatic heterocycles. The average molecular weight is 525 g/mol. The molecule has 0 aliphatic carbocycles. The second-order valence-electron chi connectivity index (χ2n) is 4.06. The van der Waals surface area contributed by atoms with Gasteiger partial charge in [-0.1, -0.05) is 41.6 Å². The van der Waals surface area contributed by atoms with Crippen molar-refractivity contribution >= 4 is 44.4 Å². The predicted octanol–water partition coefficient (Wildman–Crippen LogP) is 5.35. The largest absolute Gasteiger partial charge is 0.400 e. The lowest BCUT2D eigenvalue weighted by atomic mass is 10.2. The van der Waals surface area contributed by atoms with Crippen molar-refractivity contribution in [2.45, 2.75) is 33.4 Å². The van der Waals surface area contributed by atoms with Crippen LogP contribution in [0, 0.1) is 11.8 Å². The van der Waals surface area contributed by atoms with Crippen molar-refractivity contribution in [2.75, 3.05) is 7.11 Å². The summed E-state index contributed by atoms with van der Waals surface area (Å²) in [4.78, 5) is 4.34. The third-order valence-electron chi connectivity index (χ3n) is 2.66. The monoisotopic (exact) mass is 524 g/mol. The smallest absolute Gasteiger partial charge is 0.138 e. The first-order valence-electron chi connectivity index (χ1n) is 7.42. The molecule has 0 saturated carbocycles. The molecule has 7 heteroatoms. The standard InChI is InChI=1S/C14H13BrIN2OP.C2H6.CH4O/c1-11(19-20-16)14-17-8-10-18(14)9-2-3-12-4-6-13(15)7-5-12;2*1-2/h4-8,10-11,20H,9H2,1H3;1-2H3;2H,1H3. The molecule has 0 bridgehead atoms. The summed E-state index contributed by atoms with van der Waals surface area (Å²) < 4.78 is 8.66. The summed E-state index contributed by atoms with van der Waals surface area (Å²) in [5, 5.41) is 7.00. The van der Waals surface area contributed by atoms with E-state index in [9.17, 15) is 0 Å². The molecule has 0 amide bonds. The van der Waals surface area contributed by atoms with Crippen molar-refractivity contribution in [3.63, 3.8) is 0 Å². The Morgan fingerprint density at radius 3 is 2.54 bits per heavy atom. The zero-order valence-corrected chi connectivity index (χ0v) is 19.0. The normalized spacial score (nSPS) is 10.8. The number of hydrogen-bond donors (Lipinski definition) is 1. The van der Waals surface area contributed by atoms with E-state index in [4.69, 9.17) is 9.63 Å². The number of halogens is 2. The highest BCUT2D eigenvalue weighted by Gasteiger charge is 2.11. The van der Waals surface area contributed by atoms with E-state index in [-0.39, 0.29) is 6.10 Å². The van der Waals surface area contributed by atoms with E-state index >= 15 is 0 Å². The summed E-state index contributed by atoms with van der Waals surface area (Å²) in [6, 6.07) is 7.97. The Bertz CT molecular complexity index is 624. The van der Waals surface area contributed by atoms with Gasteiger partial charge >= 0.3 is 0 Å². The molecule has 0 aliphatic rings. The second-order valence-corrected chi connectivity index (χ2v) is 6.69. The van der Waals surface area contributed by atoms with Crippen molar-refractivity contribution < 1.29 is 9.63 Å². The number of rotatable bonds is 4. The molecule has 0 radical (unpaired) electrons. The van der Waals surface area contributed by atoms with Crippen LogP contribution in [0.3, 0.4) is 0 Å². The zero-order valence-electron chi connectivity index (χ0n) is 14.3. The Labute approximate surface area is 167 Å². The zero-order chi connectivity index (χ0) is 18.4. The van der Waals surface area contributed by atoms with Crippen LogP contribution in [0.1, 0.15) is 38.3 Å². The van der Waals surface area contributed by atoms with E-state index in [2.05, 4.69) is 54.8 Å². The summed E-state index contributed by atoms with van der Waals surface area (Å²) in [6.45, 7) is 7.05. The van der Waals surface area contributed by atoms with Gasteiger partial charge in [-0.05, 0) is 53.2 Å².